The average Bonchev–Trinajstić information content (AvgIpc) is 2.88. The summed E-state index contributed by atoms with van der Waals surface area (Å²) in [5, 5.41) is 0. The van der Waals surface area contributed by atoms with E-state index >= 15 is 0 Å². The number of rotatable bonds is 2. The van der Waals surface area contributed by atoms with Crippen LogP contribution < -0.4 is 0 Å². The molecule has 0 radical (unpaired) electrons. The first-order chi connectivity index (χ1) is 11.2. The van der Waals surface area contributed by atoms with Crippen LogP contribution in [0.1, 0.15) is 71.6 Å². The van der Waals surface area contributed by atoms with Crippen molar-refractivity contribution >= 4 is 10.4 Å². The molecule has 3 saturated carbocycles. The number of allylic oxidation sites excluding steroid dienone is 1. The van der Waals surface area contributed by atoms with Crippen LogP contribution in [0.3, 0.4) is 0 Å². The van der Waals surface area contributed by atoms with Gasteiger partial charge in [-0.25, -0.2) is 4.18 Å². The van der Waals surface area contributed by atoms with Crippen molar-refractivity contribution in [3.63, 3.8) is 0 Å². The molecular formula is C19H30O4S. The normalized spacial score (nSPS) is 48.2. The van der Waals surface area contributed by atoms with E-state index in [1.54, 1.807) is 0 Å². The Kier molecular flexibility index (Phi) is 3.94. The third-order valence-electron chi connectivity index (χ3n) is 8.10. The second-order valence-corrected chi connectivity index (χ2v) is 10.3. The molecule has 4 aliphatic carbocycles. The zero-order valence-electron chi connectivity index (χ0n) is 14.8. The molecule has 6 atom stereocenters. The lowest BCUT2D eigenvalue weighted by Gasteiger charge is -2.57. The van der Waals surface area contributed by atoms with Crippen LogP contribution in [0.15, 0.2) is 11.6 Å². The van der Waals surface area contributed by atoms with Crippen molar-refractivity contribution in [1.29, 1.82) is 0 Å². The summed E-state index contributed by atoms with van der Waals surface area (Å²) in [5.74, 6) is 2.41. The molecule has 0 heterocycles. The van der Waals surface area contributed by atoms with E-state index in [0.717, 1.165) is 37.0 Å². The van der Waals surface area contributed by atoms with E-state index in [-0.39, 0.29) is 5.41 Å². The Morgan fingerprint density at radius 3 is 2.67 bits per heavy atom. The highest BCUT2D eigenvalue weighted by Gasteiger charge is 2.55. The van der Waals surface area contributed by atoms with E-state index < -0.39 is 16.5 Å². The SMILES string of the molecule is C[C@@]12CCC[C@H]1[C@@H]1CC=C3CC(OS(=O)(=O)O)CC[C@]3(C)[C@H]1CC2. The third kappa shape index (κ3) is 2.67. The molecule has 136 valence electrons. The molecule has 1 unspecified atom stereocenters. The van der Waals surface area contributed by atoms with Crippen LogP contribution in [-0.2, 0) is 14.6 Å². The molecule has 4 aliphatic rings. The van der Waals surface area contributed by atoms with Gasteiger partial charge >= 0.3 is 10.4 Å². The van der Waals surface area contributed by atoms with Crippen molar-refractivity contribution in [3.8, 4) is 0 Å². The smallest absolute Gasteiger partial charge is 0.264 e. The van der Waals surface area contributed by atoms with Gasteiger partial charge in [-0.3, -0.25) is 4.55 Å². The fourth-order valence-corrected chi connectivity index (χ4v) is 7.38. The van der Waals surface area contributed by atoms with Crippen LogP contribution in [0.5, 0.6) is 0 Å². The fourth-order valence-electron chi connectivity index (χ4n) is 6.87. The molecule has 24 heavy (non-hydrogen) atoms. The van der Waals surface area contributed by atoms with Crippen LogP contribution >= 0.6 is 0 Å². The minimum atomic E-state index is -4.35. The molecule has 0 aliphatic heterocycles. The summed E-state index contributed by atoms with van der Waals surface area (Å²) in [4.78, 5) is 0. The second kappa shape index (κ2) is 5.55. The predicted molar refractivity (Wildman–Crippen MR) is 92.7 cm³/mol. The highest BCUT2D eigenvalue weighted by Crippen LogP contribution is 2.64. The summed E-state index contributed by atoms with van der Waals surface area (Å²) >= 11 is 0. The molecule has 0 aromatic heterocycles. The van der Waals surface area contributed by atoms with Gasteiger partial charge < -0.3 is 0 Å². The van der Waals surface area contributed by atoms with Crippen LogP contribution in [0, 0.1) is 28.6 Å². The molecular weight excluding hydrogens is 324 g/mol. The molecule has 5 heteroatoms. The van der Waals surface area contributed by atoms with Gasteiger partial charge in [0, 0.05) is 0 Å². The zero-order valence-corrected chi connectivity index (χ0v) is 15.6. The summed E-state index contributed by atoms with van der Waals surface area (Å²) in [5.41, 5.74) is 2.14. The number of fused-ring (bicyclic) bond motifs is 5. The molecule has 4 nitrogen and oxygen atoms in total. The molecule has 0 amide bonds. The highest BCUT2D eigenvalue weighted by atomic mass is 32.3. The Morgan fingerprint density at radius 2 is 1.92 bits per heavy atom. The van der Waals surface area contributed by atoms with Gasteiger partial charge in [0.05, 0.1) is 6.10 Å². The van der Waals surface area contributed by atoms with Crippen molar-refractivity contribution in [3.05, 3.63) is 11.6 Å². The van der Waals surface area contributed by atoms with E-state index in [4.69, 9.17) is 8.74 Å². The van der Waals surface area contributed by atoms with E-state index in [9.17, 15) is 8.42 Å². The lowest BCUT2D eigenvalue weighted by Crippen LogP contribution is -2.49. The summed E-state index contributed by atoms with van der Waals surface area (Å²) < 4.78 is 35.9. The third-order valence-corrected chi connectivity index (χ3v) is 8.61. The maximum Gasteiger partial charge on any atom is 0.397 e. The summed E-state index contributed by atoms with van der Waals surface area (Å²) in [7, 11) is -4.35. The van der Waals surface area contributed by atoms with Crippen molar-refractivity contribution < 1.29 is 17.2 Å². The topological polar surface area (TPSA) is 63.6 Å². The van der Waals surface area contributed by atoms with E-state index in [0.29, 0.717) is 11.8 Å². The maximum atomic E-state index is 11.0. The molecule has 0 aromatic rings. The first-order valence-corrected chi connectivity index (χ1v) is 10.9. The highest BCUT2D eigenvalue weighted by molar-refractivity contribution is 7.80. The average molecular weight is 355 g/mol. The van der Waals surface area contributed by atoms with Gasteiger partial charge in [0.1, 0.15) is 0 Å². The molecule has 0 saturated heterocycles. The van der Waals surface area contributed by atoms with Gasteiger partial charge in [-0.05, 0) is 80.0 Å². The monoisotopic (exact) mass is 354 g/mol. The molecule has 0 bridgehead atoms. The Labute approximate surface area is 146 Å². The van der Waals surface area contributed by atoms with Gasteiger partial charge in [0.25, 0.3) is 0 Å². The van der Waals surface area contributed by atoms with E-state index in [1.807, 2.05) is 0 Å². The van der Waals surface area contributed by atoms with Crippen LogP contribution in [0.4, 0.5) is 0 Å². The summed E-state index contributed by atoms with van der Waals surface area (Å²) in [6, 6.07) is 0. The standard InChI is InChI=1S/C19H30O4S/c1-18-9-3-4-16(18)15-6-5-13-12-14(23-24(20,21)22)7-11-19(13,2)17(15)8-10-18/h5,14-17H,3-4,6-12H2,1-2H3,(H,20,21,22)/t14?,15-,16-,17-,18-,19-/m0/s1. The van der Waals surface area contributed by atoms with Crippen molar-refractivity contribution in [1.82, 2.24) is 0 Å². The van der Waals surface area contributed by atoms with Gasteiger partial charge in [-0.1, -0.05) is 31.9 Å². The largest absolute Gasteiger partial charge is 0.397 e. The number of hydrogen-bond donors (Lipinski definition) is 1. The summed E-state index contributed by atoms with van der Waals surface area (Å²) in [6.07, 6.45) is 12.4. The minimum Gasteiger partial charge on any atom is -0.264 e. The predicted octanol–water partition coefficient (Wildman–Crippen LogP) is 4.53. The van der Waals surface area contributed by atoms with E-state index in [1.165, 1.54) is 37.7 Å². The van der Waals surface area contributed by atoms with Gasteiger partial charge in [-0.15, -0.1) is 0 Å². The van der Waals surface area contributed by atoms with Crippen LogP contribution in [-0.4, -0.2) is 19.1 Å². The van der Waals surface area contributed by atoms with Crippen molar-refractivity contribution in [2.24, 2.45) is 28.6 Å². The van der Waals surface area contributed by atoms with Crippen LogP contribution in [0.25, 0.3) is 0 Å². The van der Waals surface area contributed by atoms with Crippen molar-refractivity contribution in [2.75, 3.05) is 0 Å². The molecule has 0 aromatic carbocycles. The molecule has 1 N–H and O–H groups in total. The molecule has 0 spiro atoms. The molecule has 4 rings (SSSR count). The van der Waals surface area contributed by atoms with E-state index in [2.05, 4.69) is 19.9 Å². The Morgan fingerprint density at radius 1 is 1.12 bits per heavy atom. The summed E-state index contributed by atoms with van der Waals surface area (Å²) in [6.45, 7) is 4.91. The van der Waals surface area contributed by atoms with Crippen LogP contribution in [0.2, 0.25) is 0 Å². The fraction of sp³-hybridized carbons (Fsp3) is 0.895. The van der Waals surface area contributed by atoms with Gasteiger partial charge in [-0.2, -0.15) is 8.42 Å². The Hall–Kier alpha value is -0.390. The Balaban J connectivity index is 1.58. The van der Waals surface area contributed by atoms with Crippen molar-refractivity contribution in [2.45, 2.75) is 77.7 Å². The number of hydrogen-bond acceptors (Lipinski definition) is 3. The Bertz CT molecular complexity index is 654. The second-order valence-electron chi connectivity index (χ2n) is 9.23. The lowest BCUT2D eigenvalue weighted by molar-refractivity contribution is -0.0341. The molecule has 3 fully saturated rings. The minimum absolute atomic E-state index is 0.200. The first-order valence-electron chi connectivity index (χ1n) is 9.56. The zero-order chi connectivity index (χ0) is 17.2. The van der Waals surface area contributed by atoms with Gasteiger partial charge in [0.2, 0.25) is 0 Å². The lowest BCUT2D eigenvalue weighted by atomic mass is 9.48. The maximum absolute atomic E-state index is 11.0. The quantitative estimate of drug-likeness (QED) is 0.584. The van der Waals surface area contributed by atoms with Gasteiger partial charge in [0.15, 0.2) is 0 Å². The first kappa shape index (κ1) is 17.0.